The second-order valence-electron chi connectivity index (χ2n) is 4.99. The smallest absolute Gasteiger partial charge is 0.136 e. The average Bonchev–Trinajstić information content (AvgIpc) is 2.44. The second kappa shape index (κ2) is 7.85. The van der Waals surface area contributed by atoms with E-state index in [1.165, 1.54) is 0 Å². The molecule has 0 radical (unpaired) electrons. The molecular formula is C15H22N2O3. The zero-order chi connectivity index (χ0) is 15.0. The fraction of sp³-hybridized carbons (Fsp3) is 0.533. The molecule has 0 fully saturated rings. The Kier molecular flexibility index (Phi) is 6.46. The van der Waals surface area contributed by atoms with Crippen molar-refractivity contribution in [1.82, 2.24) is 5.32 Å². The molecule has 20 heavy (non-hydrogen) atoms. The molecule has 1 aromatic rings. The number of nitrogens with zero attached hydrogens (tertiary/aromatic N) is 1. The molecule has 2 N–H and O–H groups in total. The molecule has 1 unspecified atom stereocenters. The van der Waals surface area contributed by atoms with Crippen molar-refractivity contribution in [2.45, 2.75) is 25.5 Å². The number of hydrogen-bond donors (Lipinski definition) is 2. The van der Waals surface area contributed by atoms with E-state index in [-0.39, 0.29) is 0 Å². The fourth-order valence-corrected chi connectivity index (χ4v) is 1.84. The third-order valence-corrected chi connectivity index (χ3v) is 3.06. The van der Waals surface area contributed by atoms with Crippen LogP contribution in [0.3, 0.4) is 0 Å². The Balaban J connectivity index is 2.52. The highest BCUT2D eigenvalue weighted by atomic mass is 16.5. The molecule has 1 aromatic carbocycles. The number of rotatable bonds is 8. The van der Waals surface area contributed by atoms with Gasteiger partial charge in [0.25, 0.3) is 0 Å². The lowest BCUT2D eigenvalue weighted by atomic mass is 10.0. The molecule has 0 spiro atoms. The van der Waals surface area contributed by atoms with Crippen LogP contribution in [0.2, 0.25) is 0 Å². The van der Waals surface area contributed by atoms with Crippen molar-refractivity contribution < 1.29 is 14.6 Å². The van der Waals surface area contributed by atoms with Crippen LogP contribution >= 0.6 is 0 Å². The van der Waals surface area contributed by atoms with E-state index >= 15 is 0 Å². The summed E-state index contributed by atoms with van der Waals surface area (Å²) in [6.45, 7) is 3.34. The summed E-state index contributed by atoms with van der Waals surface area (Å²) < 4.78 is 10.1. The maximum absolute atomic E-state index is 10.1. The lowest BCUT2D eigenvalue weighted by Gasteiger charge is -2.23. The number of nitriles is 1. The molecule has 0 saturated carbocycles. The van der Waals surface area contributed by atoms with E-state index in [9.17, 15) is 5.11 Å². The monoisotopic (exact) mass is 278 g/mol. The minimum Gasteiger partial charge on any atom is -0.495 e. The van der Waals surface area contributed by atoms with Crippen LogP contribution in [-0.2, 0) is 11.3 Å². The quantitative estimate of drug-likeness (QED) is 0.752. The van der Waals surface area contributed by atoms with Crippen molar-refractivity contribution in [1.29, 1.82) is 5.26 Å². The summed E-state index contributed by atoms with van der Waals surface area (Å²) in [5, 5.41) is 22.3. The van der Waals surface area contributed by atoms with Crippen LogP contribution in [0, 0.1) is 11.3 Å². The predicted octanol–water partition coefficient (Wildman–Crippen LogP) is 1.44. The largest absolute Gasteiger partial charge is 0.495 e. The third kappa shape index (κ3) is 5.17. The Hall–Kier alpha value is -1.61. The van der Waals surface area contributed by atoms with Gasteiger partial charge in [-0.1, -0.05) is 6.07 Å². The summed E-state index contributed by atoms with van der Waals surface area (Å²) in [4.78, 5) is 0. The maximum Gasteiger partial charge on any atom is 0.136 e. The van der Waals surface area contributed by atoms with Gasteiger partial charge in [0, 0.05) is 33.2 Å². The molecule has 0 aliphatic carbocycles. The van der Waals surface area contributed by atoms with Gasteiger partial charge in [0.1, 0.15) is 11.8 Å². The van der Waals surface area contributed by atoms with Gasteiger partial charge in [-0.3, -0.25) is 0 Å². The van der Waals surface area contributed by atoms with Gasteiger partial charge in [0.15, 0.2) is 0 Å². The normalized spacial score (nSPS) is 13.6. The summed E-state index contributed by atoms with van der Waals surface area (Å²) in [6, 6.07) is 7.57. The SMILES string of the molecule is COCCC(C)(O)CNCc1ccc(OC)c(C#N)c1. The van der Waals surface area contributed by atoms with Gasteiger partial charge in [-0.15, -0.1) is 0 Å². The molecule has 0 heterocycles. The van der Waals surface area contributed by atoms with Crippen LogP contribution in [0.5, 0.6) is 5.75 Å². The van der Waals surface area contributed by atoms with E-state index in [1.807, 2.05) is 6.07 Å². The van der Waals surface area contributed by atoms with Crippen molar-refractivity contribution in [2.24, 2.45) is 0 Å². The number of aliphatic hydroxyl groups is 1. The number of methoxy groups -OCH3 is 2. The molecule has 5 nitrogen and oxygen atoms in total. The highest BCUT2D eigenvalue weighted by Gasteiger charge is 2.19. The highest BCUT2D eigenvalue weighted by molar-refractivity contribution is 5.45. The average molecular weight is 278 g/mol. The first kappa shape index (κ1) is 16.4. The van der Waals surface area contributed by atoms with Crippen molar-refractivity contribution in [3.05, 3.63) is 29.3 Å². The number of ether oxygens (including phenoxy) is 2. The van der Waals surface area contributed by atoms with E-state index in [0.29, 0.717) is 37.4 Å². The molecule has 0 aliphatic heterocycles. The fourth-order valence-electron chi connectivity index (χ4n) is 1.84. The first-order valence-corrected chi connectivity index (χ1v) is 6.51. The highest BCUT2D eigenvalue weighted by Crippen LogP contribution is 2.18. The molecule has 0 saturated heterocycles. The van der Waals surface area contributed by atoms with Gasteiger partial charge in [-0.25, -0.2) is 0 Å². The molecular weight excluding hydrogens is 256 g/mol. The van der Waals surface area contributed by atoms with Crippen LogP contribution < -0.4 is 10.1 Å². The summed E-state index contributed by atoms with van der Waals surface area (Å²) in [7, 11) is 3.16. The Morgan fingerprint density at radius 2 is 2.15 bits per heavy atom. The van der Waals surface area contributed by atoms with Gasteiger partial charge in [-0.05, 0) is 24.6 Å². The molecule has 5 heteroatoms. The molecule has 1 atom stereocenters. The second-order valence-corrected chi connectivity index (χ2v) is 4.99. The Labute approximate surface area is 120 Å². The van der Waals surface area contributed by atoms with Gasteiger partial charge < -0.3 is 19.9 Å². The summed E-state index contributed by atoms with van der Waals surface area (Å²) in [6.07, 6.45) is 0.572. The Morgan fingerprint density at radius 3 is 2.75 bits per heavy atom. The zero-order valence-corrected chi connectivity index (χ0v) is 12.3. The van der Waals surface area contributed by atoms with Gasteiger partial charge in [0.2, 0.25) is 0 Å². The van der Waals surface area contributed by atoms with Gasteiger partial charge in [0.05, 0.1) is 18.3 Å². The summed E-state index contributed by atoms with van der Waals surface area (Å²) in [5.74, 6) is 0.573. The minimum absolute atomic E-state index is 0.463. The van der Waals surface area contributed by atoms with E-state index in [1.54, 1.807) is 33.3 Å². The predicted molar refractivity (Wildman–Crippen MR) is 76.5 cm³/mol. The van der Waals surface area contributed by atoms with Crippen LogP contribution in [0.25, 0.3) is 0 Å². The lowest BCUT2D eigenvalue weighted by Crippen LogP contribution is -2.38. The maximum atomic E-state index is 10.1. The molecule has 1 rings (SSSR count). The van der Waals surface area contributed by atoms with E-state index in [2.05, 4.69) is 11.4 Å². The minimum atomic E-state index is -0.805. The van der Waals surface area contributed by atoms with Crippen molar-refractivity contribution in [3.63, 3.8) is 0 Å². The standard InChI is InChI=1S/C15H22N2O3/c1-15(18,6-7-19-2)11-17-10-12-4-5-14(20-3)13(8-12)9-16/h4-5,8,17-18H,6-7,10-11H2,1-3H3. The third-order valence-electron chi connectivity index (χ3n) is 3.06. The number of nitrogens with one attached hydrogen (secondary N) is 1. The lowest BCUT2D eigenvalue weighted by molar-refractivity contribution is 0.0247. The number of hydrogen-bond acceptors (Lipinski definition) is 5. The number of benzene rings is 1. The van der Waals surface area contributed by atoms with E-state index in [0.717, 1.165) is 5.56 Å². The summed E-state index contributed by atoms with van der Waals surface area (Å²) in [5.41, 5.74) is 0.684. The van der Waals surface area contributed by atoms with Gasteiger partial charge >= 0.3 is 0 Å². The molecule has 0 amide bonds. The first-order valence-electron chi connectivity index (χ1n) is 6.51. The van der Waals surface area contributed by atoms with Crippen LogP contribution in [0.15, 0.2) is 18.2 Å². The molecule has 0 bridgehead atoms. The Bertz CT molecular complexity index is 467. The van der Waals surface area contributed by atoms with E-state index < -0.39 is 5.60 Å². The Morgan fingerprint density at radius 1 is 1.40 bits per heavy atom. The summed E-state index contributed by atoms with van der Waals surface area (Å²) >= 11 is 0. The van der Waals surface area contributed by atoms with Crippen LogP contribution in [0.1, 0.15) is 24.5 Å². The molecule has 110 valence electrons. The zero-order valence-electron chi connectivity index (χ0n) is 12.3. The van der Waals surface area contributed by atoms with Crippen molar-refractivity contribution in [3.8, 4) is 11.8 Å². The van der Waals surface area contributed by atoms with Crippen LogP contribution in [-0.4, -0.2) is 38.1 Å². The van der Waals surface area contributed by atoms with E-state index in [4.69, 9.17) is 14.7 Å². The first-order chi connectivity index (χ1) is 9.52. The molecule has 0 aromatic heterocycles. The van der Waals surface area contributed by atoms with Gasteiger partial charge in [-0.2, -0.15) is 5.26 Å². The molecule has 0 aliphatic rings. The van der Waals surface area contributed by atoms with Crippen molar-refractivity contribution in [2.75, 3.05) is 27.4 Å². The van der Waals surface area contributed by atoms with Crippen LogP contribution in [0.4, 0.5) is 0 Å². The van der Waals surface area contributed by atoms with Crippen molar-refractivity contribution >= 4 is 0 Å². The topological polar surface area (TPSA) is 74.5 Å².